The number of esters is 1. The molecule has 1 aliphatic heterocycles. The van der Waals surface area contributed by atoms with Crippen molar-refractivity contribution in [3.8, 4) is 0 Å². The van der Waals surface area contributed by atoms with Crippen LogP contribution in [0.4, 0.5) is 5.82 Å². The predicted molar refractivity (Wildman–Crippen MR) is 77.7 cm³/mol. The number of H-pyrrole nitrogens is 1. The second-order valence-electron chi connectivity index (χ2n) is 4.57. The van der Waals surface area contributed by atoms with Crippen LogP contribution in [0.1, 0.15) is 30.9 Å². The monoisotopic (exact) mass is 289 g/mol. The number of anilines is 1. The molecule has 20 heavy (non-hydrogen) atoms. The van der Waals surface area contributed by atoms with E-state index in [-0.39, 0.29) is 11.9 Å². The van der Waals surface area contributed by atoms with Crippen molar-refractivity contribution >= 4 is 23.1 Å². The van der Waals surface area contributed by atoms with Crippen LogP contribution in [-0.2, 0) is 9.53 Å². The number of aromatic nitrogens is 2. The van der Waals surface area contributed by atoms with Crippen molar-refractivity contribution in [3.63, 3.8) is 0 Å². The van der Waals surface area contributed by atoms with Gasteiger partial charge in [-0.2, -0.15) is 16.4 Å². The Morgan fingerprint density at radius 1 is 1.55 bits per heavy atom. The minimum atomic E-state index is -0.277. The van der Waals surface area contributed by atoms with Crippen molar-refractivity contribution in [3.05, 3.63) is 45.4 Å². The Morgan fingerprint density at radius 3 is 3.10 bits per heavy atom. The molecule has 3 rings (SSSR count). The van der Waals surface area contributed by atoms with Gasteiger partial charge in [0.05, 0.1) is 18.4 Å². The van der Waals surface area contributed by atoms with Crippen molar-refractivity contribution in [2.45, 2.75) is 19.8 Å². The van der Waals surface area contributed by atoms with Gasteiger partial charge in [0.2, 0.25) is 0 Å². The van der Waals surface area contributed by atoms with Crippen molar-refractivity contribution in [1.82, 2.24) is 10.2 Å². The smallest absolute Gasteiger partial charge is 0.336 e. The van der Waals surface area contributed by atoms with E-state index in [1.165, 1.54) is 0 Å². The number of aromatic amines is 1. The zero-order chi connectivity index (χ0) is 14.1. The average molecular weight is 289 g/mol. The molecule has 2 N–H and O–H groups in total. The summed E-state index contributed by atoms with van der Waals surface area (Å²) < 4.78 is 5.21. The van der Waals surface area contributed by atoms with Crippen LogP contribution in [0, 0.1) is 0 Å². The molecule has 1 atom stereocenters. The van der Waals surface area contributed by atoms with Crippen LogP contribution in [0.5, 0.6) is 0 Å². The minimum Gasteiger partial charge on any atom is -0.463 e. The third-order valence-electron chi connectivity index (χ3n) is 3.36. The second-order valence-corrected chi connectivity index (χ2v) is 5.35. The van der Waals surface area contributed by atoms with Crippen molar-refractivity contribution in [2.24, 2.45) is 0 Å². The predicted octanol–water partition coefficient (Wildman–Crippen LogP) is 2.87. The van der Waals surface area contributed by atoms with Crippen LogP contribution in [0.15, 0.2) is 34.3 Å². The van der Waals surface area contributed by atoms with Gasteiger partial charge >= 0.3 is 5.97 Å². The lowest BCUT2D eigenvalue weighted by Crippen LogP contribution is -2.23. The van der Waals surface area contributed by atoms with Gasteiger partial charge in [-0.3, -0.25) is 5.10 Å². The van der Waals surface area contributed by atoms with E-state index in [0.717, 1.165) is 22.6 Å². The summed E-state index contributed by atoms with van der Waals surface area (Å²) in [7, 11) is 0. The van der Waals surface area contributed by atoms with Gasteiger partial charge in [0.1, 0.15) is 5.82 Å². The quantitative estimate of drug-likeness (QED) is 0.853. The highest BCUT2D eigenvalue weighted by atomic mass is 32.1. The first kappa shape index (κ1) is 12.9. The highest BCUT2D eigenvalue weighted by Gasteiger charge is 2.34. The summed E-state index contributed by atoms with van der Waals surface area (Å²) in [6.45, 7) is 4.06. The fourth-order valence-corrected chi connectivity index (χ4v) is 3.19. The van der Waals surface area contributed by atoms with Crippen LogP contribution in [-0.4, -0.2) is 22.8 Å². The van der Waals surface area contributed by atoms with Crippen LogP contribution in [0.2, 0.25) is 0 Å². The van der Waals surface area contributed by atoms with Crippen molar-refractivity contribution in [2.75, 3.05) is 11.9 Å². The highest BCUT2D eigenvalue weighted by Crippen LogP contribution is 2.41. The molecule has 2 aromatic heterocycles. The summed E-state index contributed by atoms with van der Waals surface area (Å²) in [6, 6.07) is 2.03. The third-order valence-corrected chi connectivity index (χ3v) is 4.06. The van der Waals surface area contributed by atoms with E-state index in [0.29, 0.717) is 12.2 Å². The Balaban J connectivity index is 2.12. The highest BCUT2D eigenvalue weighted by molar-refractivity contribution is 7.08. The number of nitrogens with zero attached hydrogens (tertiary/aromatic N) is 1. The number of ether oxygens (including phenoxy) is 1. The molecule has 0 spiro atoms. The largest absolute Gasteiger partial charge is 0.463 e. The Kier molecular flexibility index (Phi) is 3.31. The van der Waals surface area contributed by atoms with Crippen LogP contribution in [0.3, 0.4) is 0 Å². The molecule has 2 aromatic rings. The SMILES string of the molecule is CCOC(=O)C1=C(C)Nc2[nH]ncc2C1c1ccsc1. The maximum atomic E-state index is 12.3. The maximum Gasteiger partial charge on any atom is 0.336 e. The molecule has 1 aliphatic rings. The molecule has 0 saturated carbocycles. The molecule has 0 saturated heterocycles. The third kappa shape index (κ3) is 2.02. The number of allylic oxidation sites excluding steroid dienone is 1. The normalized spacial score (nSPS) is 17.6. The first-order valence-electron chi connectivity index (χ1n) is 6.42. The summed E-state index contributed by atoms with van der Waals surface area (Å²) in [6.07, 6.45) is 1.76. The number of thiophene rings is 1. The molecular formula is C14H15N3O2S. The van der Waals surface area contributed by atoms with Gasteiger partial charge in [-0.15, -0.1) is 0 Å². The molecule has 0 aromatic carbocycles. The molecule has 5 nitrogen and oxygen atoms in total. The van der Waals surface area contributed by atoms with E-state index < -0.39 is 0 Å². The van der Waals surface area contributed by atoms with Gasteiger partial charge in [-0.1, -0.05) is 0 Å². The van der Waals surface area contributed by atoms with Gasteiger partial charge in [0, 0.05) is 17.2 Å². The number of hydrogen-bond acceptors (Lipinski definition) is 5. The zero-order valence-electron chi connectivity index (χ0n) is 11.3. The molecule has 3 heterocycles. The van der Waals surface area contributed by atoms with Crippen molar-refractivity contribution < 1.29 is 9.53 Å². The minimum absolute atomic E-state index is 0.129. The number of carbonyl (C=O) groups excluding carboxylic acids is 1. The Labute approximate surface area is 120 Å². The molecule has 0 fully saturated rings. The van der Waals surface area contributed by atoms with Gasteiger partial charge < -0.3 is 10.1 Å². The fourth-order valence-electron chi connectivity index (χ4n) is 2.51. The number of nitrogens with one attached hydrogen (secondary N) is 2. The first-order valence-corrected chi connectivity index (χ1v) is 7.37. The number of hydrogen-bond donors (Lipinski definition) is 2. The second kappa shape index (κ2) is 5.13. The molecule has 0 aliphatic carbocycles. The average Bonchev–Trinajstić information content (AvgIpc) is 3.07. The summed E-state index contributed by atoms with van der Waals surface area (Å²) in [5, 5.41) is 14.3. The standard InChI is InChI=1S/C14H15N3O2S/c1-3-19-14(18)11-8(2)16-13-10(6-15-17-13)12(11)9-4-5-20-7-9/h4-7,12H,3H2,1-2H3,(H2,15,16,17). The topological polar surface area (TPSA) is 67.0 Å². The summed E-state index contributed by atoms with van der Waals surface area (Å²) in [4.78, 5) is 12.3. The fraction of sp³-hybridized carbons (Fsp3) is 0.286. The van der Waals surface area contributed by atoms with Crippen LogP contribution >= 0.6 is 11.3 Å². The van der Waals surface area contributed by atoms with E-state index in [1.807, 2.05) is 25.3 Å². The Bertz CT molecular complexity index is 658. The molecule has 0 radical (unpaired) electrons. The molecule has 6 heteroatoms. The van der Waals surface area contributed by atoms with E-state index in [2.05, 4.69) is 20.9 Å². The molecule has 104 valence electrons. The van der Waals surface area contributed by atoms with E-state index >= 15 is 0 Å². The first-order chi connectivity index (χ1) is 9.72. The summed E-state index contributed by atoms with van der Waals surface area (Å²) in [5.41, 5.74) is 3.51. The van der Waals surface area contributed by atoms with E-state index in [1.54, 1.807) is 17.5 Å². The number of rotatable bonds is 3. The van der Waals surface area contributed by atoms with E-state index in [9.17, 15) is 4.79 Å². The van der Waals surface area contributed by atoms with Crippen LogP contribution < -0.4 is 5.32 Å². The number of fused-ring (bicyclic) bond motifs is 1. The van der Waals surface area contributed by atoms with Gasteiger partial charge in [0.25, 0.3) is 0 Å². The van der Waals surface area contributed by atoms with Crippen molar-refractivity contribution in [1.29, 1.82) is 0 Å². The molecule has 0 amide bonds. The lowest BCUT2D eigenvalue weighted by atomic mass is 9.84. The van der Waals surface area contributed by atoms with Gasteiger partial charge in [0.15, 0.2) is 0 Å². The molecule has 0 bridgehead atoms. The lowest BCUT2D eigenvalue weighted by Gasteiger charge is -2.26. The Morgan fingerprint density at radius 2 is 2.40 bits per heavy atom. The van der Waals surface area contributed by atoms with Gasteiger partial charge in [-0.25, -0.2) is 4.79 Å². The summed E-state index contributed by atoms with van der Waals surface area (Å²) in [5.74, 6) is 0.433. The molecule has 1 unspecified atom stereocenters. The van der Waals surface area contributed by atoms with Gasteiger partial charge in [-0.05, 0) is 36.2 Å². The molecular weight excluding hydrogens is 274 g/mol. The zero-order valence-corrected chi connectivity index (χ0v) is 12.1. The lowest BCUT2D eigenvalue weighted by molar-refractivity contribution is -0.138. The van der Waals surface area contributed by atoms with E-state index in [4.69, 9.17) is 4.74 Å². The maximum absolute atomic E-state index is 12.3. The Hall–Kier alpha value is -2.08. The summed E-state index contributed by atoms with van der Waals surface area (Å²) >= 11 is 1.61. The number of carbonyl (C=O) groups is 1. The van der Waals surface area contributed by atoms with Crippen LogP contribution in [0.25, 0.3) is 0 Å².